The van der Waals surface area contributed by atoms with Crippen LogP contribution in [0.4, 0.5) is 26.3 Å². The molecule has 1 aliphatic carbocycles. The molecular weight excluding hydrogens is 504 g/mol. The number of carbonyl (C=O) groups excluding carboxylic acids is 1. The van der Waals surface area contributed by atoms with E-state index >= 15 is 4.39 Å². The van der Waals surface area contributed by atoms with Crippen molar-refractivity contribution in [1.29, 1.82) is 0 Å². The zero-order valence-corrected chi connectivity index (χ0v) is 19.4. The summed E-state index contributed by atoms with van der Waals surface area (Å²) < 4.78 is 88.4. The standard InChI is InChI=1S/C25H21F6N3O3/c1-12-7-19(35)34-23(33-12)20-17(25(29,30)31)6-5-13(22(20)28)10-32-24(36)15-8-16(9-15)37-11-14-3-2-4-18(26)21(14)27/h2-7,15-16H,8-11H2,1H3,(H,32,36)(H,33,34,35). The maximum atomic E-state index is 15.3. The summed E-state index contributed by atoms with van der Waals surface area (Å²) in [6.07, 6.45) is -4.71. The van der Waals surface area contributed by atoms with Gasteiger partial charge in [0, 0.05) is 35.3 Å². The number of carbonyl (C=O) groups is 1. The molecule has 0 spiro atoms. The summed E-state index contributed by atoms with van der Waals surface area (Å²) in [4.78, 5) is 30.2. The number of alkyl halides is 3. The number of rotatable bonds is 7. The first kappa shape index (κ1) is 26.4. The smallest absolute Gasteiger partial charge is 0.373 e. The molecule has 1 fully saturated rings. The fraction of sp³-hybridized carbons (Fsp3) is 0.320. The highest BCUT2D eigenvalue weighted by atomic mass is 19.4. The Morgan fingerprint density at radius 3 is 2.51 bits per heavy atom. The number of H-pyrrole nitrogens is 1. The molecule has 1 aliphatic rings. The average Bonchev–Trinajstić information content (AvgIpc) is 2.78. The second-order valence-electron chi connectivity index (χ2n) is 8.73. The summed E-state index contributed by atoms with van der Waals surface area (Å²) in [5.41, 5.74) is -3.05. The number of aromatic nitrogens is 2. The van der Waals surface area contributed by atoms with Crippen molar-refractivity contribution in [2.75, 3.05) is 0 Å². The van der Waals surface area contributed by atoms with Crippen LogP contribution in [0.3, 0.4) is 0 Å². The van der Waals surface area contributed by atoms with Crippen LogP contribution in [0.1, 0.15) is 35.2 Å². The molecule has 6 nitrogen and oxygen atoms in total. The Balaban J connectivity index is 1.41. The molecule has 37 heavy (non-hydrogen) atoms. The third-order valence-corrected chi connectivity index (χ3v) is 6.06. The van der Waals surface area contributed by atoms with E-state index in [2.05, 4.69) is 15.3 Å². The Morgan fingerprint density at radius 1 is 1.11 bits per heavy atom. The van der Waals surface area contributed by atoms with Crippen molar-refractivity contribution in [2.45, 2.75) is 45.2 Å². The number of aromatic amines is 1. The monoisotopic (exact) mass is 525 g/mol. The number of nitrogens with one attached hydrogen (secondary N) is 2. The summed E-state index contributed by atoms with van der Waals surface area (Å²) in [7, 11) is 0. The van der Waals surface area contributed by atoms with Gasteiger partial charge >= 0.3 is 6.18 Å². The highest BCUT2D eigenvalue weighted by Gasteiger charge is 2.38. The van der Waals surface area contributed by atoms with E-state index in [1.807, 2.05) is 0 Å². The van der Waals surface area contributed by atoms with Gasteiger partial charge in [0.2, 0.25) is 5.91 Å². The van der Waals surface area contributed by atoms with Gasteiger partial charge in [0.25, 0.3) is 5.56 Å². The number of hydrogen-bond acceptors (Lipinski definition) is 4. The fourth-order valence-corrected chi connectivity index (χ4v) is 4.03. The molecule has 0 bridgehead atoms. The number of ether oxygens (including phenoxy) is 1. The second kappa shape index (κ2) is 10.4. The Morgan fingerprint density at radius 2 is 1.84 bits per heavy atom. The van der Waals surface area contributed by atoms with Crippen LogP contribution in [-0.2, 0) is 28.9 Å². The van der Waals surface area contributed by atoms with E-state index in [0.29, 0.717) is 6.07 Å². The maximum Gasteiger partial charge on any atom is 0.417 e. The molecule has 12 heteroatoms. The fourth-order valence-electron chi connectivity index (χ4n) is 4.03. The molecule has 0 saturated heterocycles. The Labute approximate surface area is 206 Å². The van der Waals surface area contributed by atoms with Crippen molar-refractivity contribution in [3.63, 3.8) is 0 Å². The first-order chi connectivity index (χ1) is 17.4. The van der Waals surface area contributed by atoms with Crippen LogP contribution >= 0.6 is 0 Å². The van der Waals surface area contributed by atoms with E-state index in [9.17, 15) is 31.5 Å². The maximum absolute atomic E-state index is 15.3. The molecule has 1 saturated carbocycles. The van der Waals surface area contributed by atoms with Crippen molar-refractivity contribution in [1.82, 2.24) is 15.3 Å². The average molecular weight is 525 g/mol. The van der Waals surface area contributed by atoms with Gasteiger partial charge in [-0.15, -0.1) is 0 Å². The highest BCUT2D eigenvalue weighted by Crippen LogP contribution is 2.38. The quantitative estimate of drug-likeness (QED) is 0.435. The van der Waals surface area contributed by atoms with Gasteiger partial charge in [-0.25, -0.2) is 18.2 Å². The van der Waals surface area contributed by atoms with Crippen LogP contribution in [0.15, 0.2) is 41.2 Å². The molecule has 196 valence electrons. The van der Waals surface area contributed by atoms with Crippen LogP contribution < -0.4 is 10.9 Å². The second-order valence-corrected chi connectivity index (χ2v) is 8.73. The lowest BCUT2D eigenvalue weighted by molar-refractivity contribution is -0.137. The summed E-state index contributed by atoms with van der Waals surface area (Å²) in [6, 6.07) is 6.37. The number of benzene rings is 2. The van der Waals surface area contributed by atoms with Crippen molar-refractivity contribution >= 4 is 5.91 Å². The number of nitrogens with zero attached hydrogens (tertiary/aromatic N) is 1. The Hall–Kier alpha value is -3.67. The lowest BCUT2D eigenvalue weighted by atomic mass is 9.81. The van der Waals surface area contributed by atoms with E-state index in [4.69, 9.17) is 4.74 Å². The number of halogens is 6. The summed E-state index contributed by atoms with van der Waals surface area (Å²) in [5.74, 6) is -4.78. The molecule has 4 rings (SSSR count). The summed E-state index contributed by atoms with van der Waals surface area (Å²) in [5, 5.41) is 2.49. The lowest BCUT2D eigenvalue weighted by Gasteiger charge is -2.34. The van der Waals surface area contributed by atoms with E-state index < -0.39 is 64.5 Å². The predicted molar refractivity (Wildman–Crippen MR) is 119 cm³/mol. The molecule has 3 aromatic rings. The van der Waals surface area contributed by atoms with Gasteiger partial charge in [0.05, 0.1) is 23.8 Å². The third-order valence-electron chi connectivity index (χ3n) is 6.06. The molecule has 1 amide bonds. The summed E-state index contributed by atoms with van der Waals surface area (Å²) >= 11 is 0. The first-order valence-electron chi connectivity index (χ1n) is 11.2. The van der Waals surface area contributed by atoms with Gasteiger partial charge in [0.1, 0.15) is 11.6 Å². The molecule has 0 radical (unpaired) electrons. The van der Waals surface area contributed by atoms with Gasteiger partial charge in [0.15, 0.2) is 11.6 Å². The van der Waals surface area contributed by atoms with Crippen LogP contribution in [0.25, 0.3) is 11.4 Å². The van der Waals surface area contributed by atoms with E-state index in [1.54, 1.807) is 0 Å². The Kier molecular flexibility index (Phi) is 7.39. The minimum Gasteiger partial charge on any atom is -0.373 e. The largest absolute Gasteiger partial charge is 0.417 e. The molecule has 0 aliphatic heterocycles. The van der Waals surface area contributed by atoms with E-state index in [-0.39, 0.29) is 42.4 Å². The van der Waals surface area contributed by atoms with Crippen molar-refractivity contribution in [3.05, 3.63) is 86.6 Å². The zero-order chi connectivity index (χ0) is 26.9. The predicted octanol–water partition coefficient (Wildman–Crippen LogP) is 4.79. The van der Waals surface area contributed by atoms with Gasteiger partial charge in [-0.05, 0) is 31.9 Å². The molecule has 2 aromatic carbocycles. The van der Waals surface area contributed by atoms with Crippen molar-refractivity contribution in [2.24, 2.45) is 5.92 Å². The summed E-state index contributed by atoms with van der Waals surface area (Å²) in [6.45, 7) is 0.817. The molecule has 0 atom stereocenters. The number of amides is 1. The number of aryl methyl sites for hydroxylation is 1. The van der Waals surface area contributed by atoms with Crippen LogP contribution in [0.5, 0.6) is 0 Å². The minimum atomic E-state index is -4.92. The normalized spacial score (nSPS) is 17.4. The Bertz CT molecular complexity index is 1380. The van der Waals surface area contributed by atoms with Gasteiger partial charge in [-0.2, -0.15) is 13.2 Å². The minimum absolute atomic E-state index is 0.0472. The van der Waals surface area contributed by atoms with E-state index in [0.717, 1.165) is 18.2 Å². The van der Waals surface area contributed by atoms with E-state index in [1.165, 1.54) is 19.1 Å². The van der Waals surface area contributed by atoms with Crippen LogP contribution in [0.2, 0.25) is 0 Å². The zero-order valence-electron chi connectivity index (χ0n) is 19.4. The third kappa shape index (κ3) is 5.85. The highest BCUT2D eigenvalue weighted by molar-refractivity contribution is 5.79. The van der Waals surface area contributed by atoms with Gasteiger partial charge in [-0.3, -0.25) is 9.59 Å². The van der Waals surface area contributed by atoms with Crippen LogP contribution in [0, 0.1) is 30.3 Å². The lowest BCUT2D eigenvalue weighted by Crippen LogP contribution is -2.42. The molecule has 2 N–H and O–H groups in total. The van der Waals surface area contributed by atoms with Gasteiger partial charge in [-0.1, -0.05) is 18.2 Å². The molecule has 1 aromatic heterocycles. The molecular formula is C25H21F6N3O3. The number of hydrogen-bond donors (Lipinski definition) is 2. The molecule has 1 heterocycles. The molecule has 0 unspecified atom stereocenters. The van der Waals surface area contributed by atoms with Gasteiger partial charge < -0.3 is 15.0 Å². The topological polar surface area (TPSA) is 84.1 Å². The first-order valence-corrected chi connectivity index (χ1v) is 11.2. The van der Waals surface area contributed by atoms with Crippen LogP contribution in [-0.4, -0.2) is 22.0 Å². The van der Waals surface area contributed by atoms with Crippen molar-refractivity contribution in [3.8, 4) is 11.4 Å². The SMILES string of the molecule is Cc1cc(=O)[nH]c(-c2c(C(F)(F)F)ccc(CNC(=O)C3CC(OCc4cccc(F)c4F)C3)c2F)n1. The van der Waals surface area contributed by atoms with Crippen molar-refractivity contribution < 1.29 is 35.9 Å².